The Morgan fingerprint density at radius 1 is 0.895 bits per heavy atom. The molecule has 0 aliphatic rings. The number of methoxy groups -OCH3 is 2. The Balaban J connectivity index is 2.16. The Bertz CT molecular complexity index is 555. The third-order valence-corrected chi connectivity index (χ3v) is 2.76. The van der Waals surface area contributed by atoms with Crippen LogP contribution in [0, 0.1) is 0 Å². The molecule has 0 unspecified atom stereocenters. The first kappa shape index (κ1) is 13.1. The molecule has 0 bridgehead atoms. The molecule has 0 aliphatic heterocycles. The van der Waals surface area contributed by atoms with Gasteiger partial charge in [0.15, 0.2) is 11.5 Å². The zero-order valence-electron chi connectivity index (χ0n) is 11.1. The van der Waals surface area contributed by atoms with Crippen LogP contribution in [0.25, 0.3) is 0 Å². The van der Waals surface area contributed by atoms with Gasteiger partial charge in [-0.3, -0.25) is 0 Å². The lowest BCUT2D eigenvalue weighted by Gasteiger charge is -2.13. The van der Waals surface area contributed by atoms with Crippen molar-refractivity contribution >= 4 is 5.69 Å². The Labute approximate surface area is 112 Å². The molecule has 0 heterocycles. The smallest absolute Gasteiger partial charge is 0.161 e. The van der Waals surface area contributed by atoms with Gasteiger partial charge in [-0.2, -0.15) is 0 Å². The highest BCUT2D eigenvalue weighted by molar-refractivity contribution is 5.48. The lowest BCUT2D eigenvalue weighted by molar-refractivity contribution is 0.278. The number of anilines is 1. The van der Waals surface area contributed by atoms with E-state index in [1.54, 1.807) is 20.3 Å². The molecule has 0 amide bonds. The SMILES string of the molecule is COc1ccc(N)cc1COc1ccccc1OC. The minimum atomic E-state index is 0.370. The number of nitrogen functional groups attached to an aromatic ring is 1. The summed E-state index contributed by atoms with van der Waals surface area (Å²) in [6.45, 7) is 0.370. The Hall–Kier alpha value is -2.36. The van der Waals surface area contributed by atoms with Gasteiger partial charge in [0.2, 0.25) is 0 Å². The molecule has 2 aromatic carbocycles. The second-order valence-corrected chi connectivity index (χ2v) is 4.01. The quantitative estimate of drug-likeness (QED) is 0.839. The summed E-state index contributed by atoms with van der Waals surface area (Å²) in [6, 6.07) is 13.0. The molecule has 100 valence electrons. The van der Waals surface area contributed by atoms with Gasteiger partial charge in [0.25, 0.3) is 0 Å². The molecule has 2 N–H and O–H groups in total. The van der Waals surface area contributed by atoms with Crippen molar-refractivity contribution in [3.05, 3.63) is 48.0 Å². The van der Waals surface area contributed by atoms with Gasteiger partial charge in [0.05, 0.1) is 14.2 Å². The van der Waals surface area contributed by atoms with Crippen LogP contribution in [0.5, 0.6) is 17.2 Å². The van der Waals surface area contributed by atoms with Crippen LogP contribution in [-0.4, -0.2) is 14.2 Å². The molecule has 0 aromatic heterocycles. The van der Waals surface area contributed by atoms with Gasteiger partial charge in [-0.05, 0) is 30.3 Å². The lowest BCUT2D eigenvalue weighted by Crippen LogP contribution is -2.01. The second kappa shape index (κ2) is 6.00. The van der Waals surface area contributed by atoms with E-state index in [1.807, 2.05) is 36.4 Å². The fraction of sp³-hybridized carbons (Fsp3) is 0.200. The van der Waals surface area contributed by atoms with E-state index in [0.717, 1.165) is 11.3 Å². The van der Waals surface area contributed by atoms with Gasteiger partial charge in [-0.1, -0.05) is 12.1 Å². The van der Waals surface area contributed by atoms with Gasteiger partial charge in [-0.15, -0.1) is 0 Å². The average Bonchev–Trinajstić information content (AvgIpc) is 2.45. The maximum Gasteiger partial charge on any atom is 0.161 e. The lowest BCUT2D eigenvalue weighted by atomic mass is 10.2. The number of nitrogens with two attached hydrogens (primary N) is 1. The van der Waals surface area contributed by atoms with Gasteiger partial charge in [-0.25, -0.2) is 0 Å². The fourth-order valence-electron chi connectivity index (χ4n) is 1.80. The molecule has 19 heavy (non-hydrogen) atoms. The van der Waals surface area contributed by atoms with Crippen molar-refractivity contribution in [2.75, 3.05) is 20.0 Å². The van der Waals surface area contributed by atoms with Crippen LogP contribution in [0.3, 0.4) is 0 Å². The van der Waals surface area contributed by atoms with Gasteiger partial charge in [0.1, 0.15) is 12.4 Å². The van der Waals surface area contributed by atoms with Crippen molar-refractivity contribution < 1.29 is 14.2 Å². The summed E-state index contributed by atoms with van der Waals surface area (Å²) in [6.07, 6.45) is 0. The third-order valence-electron chi connectivity index (χ3n) is 2.76. The Morgan fingerprint density at radius 2 is 1.58 bits per heavy atom. The number of rotatable bonds is 5. The van der Waals surface area contributed by atoms with Gasteiger partial charge < -0.3 is 19.9 Å². The number of hydrogen-bond donors (Lipinski definition) is 1. The summed E-state index contributed by atoms with van der Waals surface area (Å²) in [5, 5.41) is 0. The van der Waals surface area contributed by atoms with Gasteiger partial charge in [0, 0.05) is 11.3 Å². The molecule has 0 fully saturated rings. The number of benzene rings is 2. The van der Waals surface area contributed by atoms with E-state index < -0.39 is 0 Å². The molecular formula is C15H17NO3. The average molecular weight is 259 g/mol. The van der Waals surface area contributed by atoms with Crippen LogP contribution in [-0.2, 0) is 6.61 Å². The summed E-state index contributed by atoms with van der Waals surface area (Å²) in [7, 11) is 3.24. The zero-order chi connectivity index (χ0) is 13.7. The number of para-hydroxylation sites is 2. The van der Waals surface area contributed by atoms with Crippen molar-refractivity contribution in [2.24, 2.45) is 0 Å². The first-order chi connectivity index (χ1) is 9.24. The molecule has 0 saturated carbocycles. The van der Waals surface area contributed by atoms with Crippen molar-refractivity contribution in [3.8, 4) is 17.2 Å². The summed E-state index contributed by atoms with van der Waals surface area (Å²) < 4.78 is 16.3. The molecule has 0 spiro atoms. The number of ether oxygens (including phenoxy) is 3. The topological polar surface area (TPSA) is 53.7 Å². The van der Waals surface area contributed by atoms with Crippen LogP contribution in [0.2, 0.25) is 0 Å². The zero-order valence-corrected chi connectivity index (χ0v) is 11.1. The van der Waals surface area contributed by atoms with Crippen LogP contribution in [0.4, 0.5) is 5.69 Å². The summed E-state index contributed by atoms with van der Waals surface area (Å²) in [5.41, 5.74) is 7.35. The van der Waals surface area contributed by atoms with Crippen molar-refractivity contribution in [1.29, 1.82) is 0 Å². The predicted octanol–water partition coefficient (Wildman–Crippen LogP) is 2.87. The molecule has 0 aliphatic carbocycles. The van der Waals surface area contributed by atoms with E-state index in [2.05, 4.69) is 0 Å². The van der Waals surface area contributed by atoms with Crippen LogP contribution in [0.15, 0.2) is 42.5 Å². The first-order valence-electron chi connectivity index (χ1n) is 5.93. The molecule has 2 aromatic rings. The van der Waals surface area contributed by atoms with Gasteiger partial charge >= 0.3 is 0 Å². The highest BCUT2D eigenvalue weighted by Gasteiger charge is 2.07. The minimum Gasteiger partial charge on any atom is -0.496 e. The van der Waals surface area contributed by atoms with E-state index in [-0.39, 0.29) is 0 Å². The fourth-order valence-corrected chi connectivity index (χ4v) is 1.80. The van der Waals surface area contributed by atoms with Crippen LogP contribution >= 0.6 is 0 Å². The maximum atomic E-state index is 5.77. The summed E-state index contributed by atoms with van der Waals surface area (Å²) in [4.78, 5) is 0. The molecule has 2 rings (SSSR count). The minimum absolute atomic E-state index is 0.370. The van der Waals surface area contributed by atoms with E-state index in [9.17, 15) is 0 Å². The second-order valence-electron chi connectivity index (χ2n) is 4.01. The molecule has 4 heteroatoms. The van der Waals surface area contributed by atoms with E-state index in [1.165, 1.54) is 0 Å². The molecule has 0 radical (unpaired) electrons. The van der Waals surface area contributed by atoms with E-state index in [0.29, 0.717) is 23.8 Å². The Kier molecular flexibility index (Phi) is 4.13. The van der Waals surface area contributed by atoms with Crippen LogP contribution < -0.4 is 19.9 Å². The van der Waals surface area contributed by atoms with Crippen molar-refractivity contribution in [3.63, 3.8) is 0 Å². The molecule has 0 atom stereocenters. The van der Waals surface area contributed by atoms with E-state index >= 15 is 0 Å². The molecule has 0 saturated heterocycles. The van der Waals surface area contributed by atoms with Crippen LogP contribution in [0.1, 0.15) is 5.56 Å². The largest absolute Gasteiger partial charge is 0.496 e. The molecular weight excluding hydrogens is 242 g/mol. The monoisotopic (exact) mass is 259 g/mol. The standard InChI is InChI=1S/C15H17NO3/c1-17-13-8-7-12(16)9-11(13)10-19-15-6-4-3-5-14(15)18-2/h3-9H,10,16H2,1-2H3. The highest BCUT2D eigenvalue weighted by atomic mass is 16.5. The third kappa shape index (κ3) is 3.10. The highest BCUT2D eigenvalue weighted by Crippen LogP contribution is 2.28. The van der Waals surface area contributed by atoms with Crippen molar-refractivity contribution in [2.45, 2.75) is 6.61 Å². The number of hydrogen-bond acceptors (Lipinski definition) is 4. The predicted molar refractivity (Wildman–Crippen MR) is 74.7 cm³/mol. The summed E-state index contributed by atoms with van der Waals surface area (Å²) in [5.74, 6) is 2.14. The summed E-state index contributed by atoms with van der Waals surface area (Å²) >= 11 is 0. The molecule has 4 nitrogen and oxygen atoms in total. The van der Waals surface area contributed by atoms with Crippen molar-refractivity contribution in [1.82, 2.24) is 0 Å². The van der Waals surface area contributed by atoms with E-state index in [4.69, 9.17) is 19.9 Å². The Morgan fingerprint density at radius 3 is 2.26 bits per heavy atom. The first-order valence-corrected chi connectivity index (χ1v) is 5.93. The normalized spacial score (nSPS) is 10.0. The maximum absolute atomic E-state index is 5.77.